The van der Waals surface area contributed by atoms with E-state index in [0.717, 1.165) is 12.2 Å². The van der Waals surface area contributed by atoms with Gasteiger partial charge in [0.2, 0.25) is 0 Å². The second-order valence-electron chi connectivity index (χ2n) is 4.41. The van der Waals surface area contributed by atoms with E-state index in [-0.39, 0.29) is 6.10 Å². The van der Waals surface area contributed by atoms with Crippen molar-refractivity contribution in [1.82, 2.24) is 0 Å². The molecule has 0 heterocycles. The minimum absolute atomic E-state index is 0.359. The van der Waals surface area contributed by atoms with Crippen LogP contribution < -0.4 is 4.74 Å². The number of benzene rings is 1. The Morgan fingerprint density at radius 3 is 2.56 bits per heavy atom. The first kappa shape index (κ1) is 13.0. The van der Waals surface area contributed by atoms with Crippen molar-refractivity contribution >= 4 is 0 Å². The van der Waals surface area contributed by atoms with Gasteiger partial charge >= 0.3 is 0 Å². The average molecular weight is 222 g/mol. The van der Waals surface area contributed by atoms with Crippen molar-refractivity contribution in [2.75, 3.05) is 6.61 Å². The predicted molar refractivity (Wildman–Crippen MR) is 66.6 cm³/mol. The fourth-order valence-electron chi connectivity index (χ4n) is 1.85. The lowest BCUT2D eigenvalue weighted by molar-refractivity contribution is 0.0858. The third-order valence-electron chi connectivity index (χ3n) is 2.64. The molecule has 0 amide bonds. The van der Waals surface area contributed by atoms with Crippen LogP contribution in [0, 0.1) is 5.92 Å². The van der Waals surface area contributed by atoms with Gasteiger partial charge in [0, 0.05) is 0 Å². The van der Waals surface area contributed by atoms with Gasteiger partial charge in [-0.15, -0.1) is 0 Å². The van der Waals surface area contributed by atoms with Crippen molar-refractivity contribution in [2.45, 2.75) is 39.2 Å². The Hall–Kier alpha value is -1.02. The lowest BCUT2D eigenvalue weighted by Crippen LogP contribution is -2.20. The molecule has 1 N–H and O–H groups in total. The summed E-state index contributed by atoms with van der Waals surface area (Å²) in [6, 6.07) is 9.62. The lowest BCUT2D eigenvalue weighted by Gasteiger charge is -2.16. The van der Waals surface area contributed by atoms with Gasteiger partial charge < -0.3 is 9.84 Å². The summed E-state index contributed by atoms with van der Waals surface area (Å²) < 4.78 is 5.50. The van der Waals surface area contributed by atoms with Crippen LogP contribution >= 0.6 is 0 Å². The van der Waals surface area contributed by atoms with Crippen molar-refractivity contribution in [3.05, 3.63) is 30.3 Å². The van der Waals surface area contributed by atoms with E-state index >= 15 is 0 Å². The van der Waals surface area contributed by atoms with Gasteiger partial charge in [-0.05, 0) is 24.5 Å². The lowest BCUT2D eigenvalue weighted by atomic mass is 9.99. The molecule has 2 unspecified atom stereocenters. The standard InChI is InChI=1S/C14H22O2/c1-3-7-12(2)10-13(15)11-16-14-8-5-4-6-9-14/h4-6,8-9,12-13,15H,3,7,10-11H2,1-2H3. The van der Waals surface area contributed by atoms with Gasteiger partial charge in [0.15, 0.2) is 0 Å². The number of hydrogen-bond acceptors (Lipinski definition) is 2. The Morgan fingerprint density at radius 2 is 1.94 bits per heavy atom. The van der Waals surface area contributed by atoms with E-state index in [2.05, 4.69) is 13.8 Å². The number of hydrogen-bond donors (Lipinski definition) is 1. The monoisotopic (exact) mass is 222 g/mol. The number of aliphatic hydroxyl groups excluding tert-OH is 1. The van der Waals surface area contributed by atoms with Crippen LogP contribution in [0.4, 0.5) is 0 Å². The SMILES string of the molecule is CCCC(C)CC(O)COc1ccccc1. The molecule has 0 aliphatic rings. The van der Waals surface area contributed by atoms with Gasteiger partial charge in [0.05, 0.1) is 6.10 Å². The molecule has 2 nitrogen and oxygen atoms in total. The first-order valence-corrected chi connectivity index (χ1v) is 6.08. The summed E-state index contributed by atoms with van der Waals surface area (Å²) in [5, 5.41) is 9.78. The smallest absolute Gasteiger partial charge is 0.119 e. The summed E-state index contributed by atoms with van der Waals surface area (Å²) in [6.07, 6.45) is 2.80. The first-order valence-electron chi connectivity index (χ1n) is 6.08. The number of rotatable bonds is 7. The zero-order valence-electron chi connectivity index (χ0n) is 10.2. The molecule has 0 saturated heterocycles. The number of aliphatic hydroxyl groups is 1. The summed E-state index contributed by atoms with van der Waals surface area (Å²) in [5.74, 6) is 1.39. The summed E-state index contributed by atoms with van der Waals surface area (Å²) in [4.78, 5) is 0. The van der Waals surface area contributed by atoms with E-state index in [1.807, 2.05) is 30.3 Å². The van der Waals surface area contributed by atoms with Gasteiger partial charge in [-0.1, -0.05) is 44.9 Å². The third-order valence-corrected chi connectivity index (χ3v) is 2.64. The van der Waals surface area contributed by atoms with Crippen LogP contribution in [0.25, 0.3) is 0 Å². The molecule has 16 heavy (non-hydrogen) atoms. The molecule has 0 radical (unpaired) electrons. The van der Waals surface area contributed by atoms with E-state index in [1.54, 1.807) is 0 Å². The number of ether oxygens (including phenoxy) is 1. The molecule has 2 heteroatoms. The van der Waals surface area contributed by atoms with Crippen molar-refractivity contribution in [2.24, 2.45) is 5.92 Å². The van der Waals surface area contributed by atoms with Crippen LogP contribution in [0.2, 0.25) is 0 Å². The summed E-state index contributed by atoms with van der Waals surface area (Å²) in [5.41, 5.74) is 0. The fourth-order valence-corrected chi connectivity index (χ4v) is 1.85. The Morgan fingerprint density at radius 1 is 1.25 bits per heavy atom. The van der Waals surface area contributed by atoms with E-state index in [4.69, 9.17) is 4.74 Å². The maximum absolute atomic E-state index is 9.78. The Labute approximate surface area is 98.3 Å². The maximum Gasteiger partial charge on any atom is 0.119 e. The van der Waals surface area contributed by atoms with Gasteiger partial charge in [0.25, 0.3) is 0 Å². The van der Waals surface area contributed by atoms with Crippen LogP contribution in [0.15, 0.2) is 30.3 Å². The topological polar surface area (TPSA) is 29.5 Å². The van der Waals surface area contributed by atoms with Crippen molar-refractivity contribution in [3.8, 4) is 5.75 Å². The zero-order valence-corrected chi connectivity index (χ0v) is 10.2. The minimum Gasteiger partial charge on any atom is -0.491 e. The normalized spacial score (nSPS) is 14.4. The van der Waals surface area contributed by atoms with Crippen molar-refractivity contribution in [3.63, 3.8) is 0 Å². The Kier molecular flexibility index (Phi) is 5.94. The van der Waals surface area contributed by atoms with Gasteiger partial charge in [-0.25, -0.2) is 0 Å². The summed E-state index contributed by atoms with van der Waals surface area (Å²) in [6.45, 7) is 4.73. The highest BCUT2D eigenvalue weighted by Gasteiger charge is 2.10. The van der Waals surface area contributed by atoms with E-state index < -0.39 is 0 Å². The average Bonchev–Trinajstić information content (AvgIpc) is 2.28. The quantitative estimate of drug-likeness (QED) is 0.767. The van der Waals surface area contributed by atoms with Crippen molar-refractivity contribution < 1.29 is 9.84 Å². The first-order chi connectivity index (χ1) is 7.72. The molecule has 90 valence electrons. The van der Waals surface area contributed by atoms with Gasteiger partial charge in [-0.2, -0.15) is 0 Å². The predicted octanol–water partition coefficient (Wildman–Crippen LogP) is 3.25. The second-order valence-corrected chi connectivity index (χ2v) is 4.41. The minimum atomic E-state index is -0.359. The van der Waals surface area contributed by atoms with Gasteiger partial charge in [-0.3, -0.25) is 0 Å². The molecule has 1 aromatic carbocycles. The molecule has 0 spiro atoms. The highest BCUT2D eigenvalue weighted by molar-refractivity contribution is 5.20. The maximum atomic E-state index is 9.78. The molecular weight excluding hydrogens is 200 g/mol. The van der Waals surface area contributed by atoms with E-state index in [9.17, 15) is 5.11 Å². The molecule has 0 aliphatic carbocycles. The van der Waals surface area contributed by atoms with Crippen LogP contribution in [0.1, 0.15) is 33.1 Å². The van der Waals surface area contributed by atoms with Crippen molar-refractivity contribution in [1.29, 1.82) is 0 Å². The molecule has 2 atom stereocenters. The van der Waals surface area contributed by atoms with Crippen LogP contribution in [-0.4, -0.2) is 17.8 Å². The molecular formula is C14H22O2. The molecule has 0 saturated carbocycles. The summed E-state index contributed by atoms with van der Waals surface area (Å²) in [7, 11) is 0. The van der Waals surface area contributed by atoms with Crippen LogP contribution in [0.3, 0.4) is 0 Å². The van der Waals surface area contributed by atoms with Gasteiger partial charge in [0.1, 0.15) is 12.4 Å². The largest absolute Gasteiger partial charge is 0.491 e. The van der Waals surface area contributed by atoms with Crippen LogP contribution in [0.5, 0.6) is 5.75 Å². The number of para-hydroxylation sites is 1. The third kappa shape index (κ3) is 5.17. The molecule has 0 aromatic heterocycles. The molecule has 0 aliphatic heterocycles. The molecule has 0 fully saturated rings. The Bertz CT molecular complexity index is 271. The Balaban J connectivity index is 2.22. The van der Waals surface area contributed by atoms with E-state index in [0.29, 0.717) is 12.5 Å². The fraction of sp³-hybridized carbons (Fsp3) is 0.571. The zero-order chi connectivity index (χ0) is 11.8. The second kappa shape index (κ2) is 7.29. The highest BCUT2D eigenvalue weighted by Crippen LogP contribution is 2.14. The molecule has 0 bridgehead atoms. The molecule has 1 aromatic rings. The molecule has 1 rings (SSSR count). The van der Waals surface area contributed by atoms with E-state index in [1.165, 1.54) is 12.8 Å². The highest BCUT2D eigenvalue weighted by atomic mass is 16.5. The van der Waals surface area contributed by atoms with Crippen LogP contribution in [-0.2, 0) is 0 Å². The summed E-state index contributed by atoms with van der Waals surface area (Å²) >= 11 is 0.